The first-order valence-electron chi connectivity index (χ1n) is 9.97. The van der Waals surface area contributed by atoms with Crippen molar-refractivity contribution >= 4 is 35.6 Å². The highest BCUT2D eigenvalue weighted by Gasteiger charge is 2.31. The highest BCUT2D eigenvalue weighted by atomic mass is 16.4. The number of nitrogens with two attached hydrogens (primary N) is 2. The molecular weight excluding hydrogens is 454 g/mol. The number of primary amides is 1. The molecule has 34 heavy (non-hydrogen) atoms. The van der Waals surface area contributed by atoms with Crippen LogP contribution in [0.25, 0.3) is 0 Å². The standard InChI is InChI=1S/C20H27N5O9/c1-9(20(33)34)23-18(31)14(8-16(28)29)25-19(32)13(7-15(22)27)24-17(30)12(21)6-10-2-4-11(26)5-3-10/h2-5,9,12-14,26H,6-8,21H2,1H3,(H2,22,27)(H,23,31)(H,24,30)(H,25,32)(H,28,29)(H,33,34). The van der Waals surface area contributed by atoms with Crippen LogP contribution in [-0.4, -0.2) is 75.1 Å². The van der Waals surface area contributed by atoms with E-state index in [1.807, 2.05) is 5.32 Å². The summed E-state index contributed by atoms with van der Waals surface area (Å²) in [6.07, 6.45) is -1.56. The predicted molar refractivity (Wildman–Crippen MR) is 115 cm³/mol. The fourth-order valence-electron chi connectivity index (χ4n) is 2.70. The van der Waals surface area contributed by atoms with Gasteiger partial charge in [0.05, 0.1) is 18.9 Å². The summed E-state index contributed by atoms with van der Waals surface area (Å²) in [6.45, 7) is 1.13. The summed E-state index contributed by atoms with van der Waals surface area (Å²) in [4.78, 5) is 70.8. The van der Waals surface area contributed by atoms with Gasteiger partial charge in [0.1, 0.15) is 23.9 Å². The fourth-order valence-corrected chi connectivity index (χ4v) is 2.70. The molecule has 186 valence electrons. The lowest BCUT2D eigenvalue weighted by Crippen LogP contribution is -2.58. The van der Waals surface area contributed by atoms with Gasteiger partial charge >= 0.3 is 11.9 Å². The first kappa shape index (κ1) is 27.8. The number of hydrogen-bond donors (Lipinski definition) is 8. The van der Waals surface area contributed by atoms with Crippen LogP contribution >= 0.6 is 0 Å². The minimum Gasteiger partial charge on any atom is -0.508 e. The van der Waals surface area contributed by atoms with Gasteiger partial charge in [0.2, 0.25) is 23.6 Å². The van der Waals surface area contributed by atoms with Gasteiger partial charge in [0, 0.05) is 0 Å². The number of hydrogen-bond acceptors (Lipinski definition) is 8. The summed E-state index contributed by atoms with van der Waals surface area (Å²) in [7, 11) is 0. The van der Waals surface area contributed by atoms with E-state index in [1.165, 1.54) is 24.3 Å². The van der Waals surface area contributed by atoms with E-state index in [1.54, 1.807) is 0 Å². The molecule has 4 atom stereocenters. The van der Waals surface area contributed by atoms with Crippen molar-refractivity contribution in [3.8, 4) is 5.75 Å². The second-order valence-corrected chi connectivity index (χ2v) is 7.44. The van der Waals surface area contributed by atoms with E-state index in [-0.39, 0.29) is 12.2 Å². The van der Waals surface area contributed by atoms with Crippen molar-refractivity contribution in [1.29, 1.82) is 0 Å². The highest BCUT2D eigenvalue weighted by Crippen LogP contribution is 2.11. The number of aliphatic carboxylic acids is 2. The maximum absolute atomic E-state index is 12.7. The second-order valence-electron chi connectivity index (χ2n) is 7.44. The number of phenols is 1. The van der Waals surface area contributed by atoms with Crippen molar-refractivity contribution in [2.75, 3.05) is 0 Å². The van der Waals surface area contributed by atoms with Crippen molar-refractivity contribution in [1.82, 2.24) is 16.0 Å². The SMILES string of the molecule is CC(NC(=O)C(CC(=O)O)NC(=O)C(CC(N)=O)NC(=O)C(N)Cc1ccc(O)cc1)C(=O)O. The van der Waals surface area contributed by atoms with Gasteiger partial charge in [-0.1, -0.05) is 12.1 Å². The number of carboxylic acids is 2. The molecule has 0 aliphatic rings. The summed E-state index contributed by atoms with van der Waals surface area (Å²) in [5.41, 5.74) is 11.6. The van der Waals surface area contributed by atoms with Gasteiger partial charge in [-0.2, -0.15) is 0 Å². The van der Waals surface area contributed by atoms with Gasteiger partial charge in [-0.15, -0.1) is 0 Å². The molecule has 4 amide bonds. The number of nitrogens with one attached hydrogen (secondary N) is 3. The molecule has 0 aliphatic carbocycles. The first-order chi connectivity index (χ1) is 15.8. The van der Waals surface area contributed by atoms with E-state index in [0.29, 0.717) is 5.56 Å². The third kappa shape index (κ3) is 9.52. The number of benzene rings is 1. The summed E-state index contributed by atoms with van der Waals surface area (Å²) < 4.78 is 0. The van der Waals surface area contributed by atoms with E-state index in [4.69, 9.17) is 21.7 Å². The van der Waals surface area contributed by atoms with Gasteiger partial charge in [0.15, 0.2) is 0 Å². The molecule has 0 spiro atoms. The molecule has 1 aromatic rings. The van der Waals surface area contributed by atoms with E-state index in [0.717, 1.165) is 6.92 Å². The molecule has 0 saturated heterocycles. The number of carbonyl (C=O) groups is 6. The lowest BCUT2D eigenvalue weighted by molar-refractivity contribution is -0.143. The Morgan fingerprint density at radius 1 is 0.853 bits per heavy atom. The van der Waals surface area contributed by atoms with Crippen LogP contribution in [0.5, 0.6) is 5.75 Å². The Bertz CT molecular complexity index is 935. The molecule has 0 heterocycles. The maximum atomic E-state index is 12.7. The normalized spacial score (nSPS) is 14.1. The number of carbonyl (C=O) groups excluding carboxylic acids is 4. The third-order valence-corrected chi connectivity index (χ3v) is 4.51. The van der Waals surface area contributed by atoms with Crippen LogP contribution in [-0.2, 0) is 35.2 Å². The van der Waals surface area contributed by atoms with E-state index < -0.39 is 72.6 Å². The Morgan fingerprint density at radius 3 is 1.85 bits per heavy atom. The Hall–Kier alpha value is -4.20. The molecule has 0 bridgehead atoms. The average molecular weight is 481 g/mol. The Balaban J connectivity index is 2.93. The monoisotopic (exact) mass is 481 g/mol. The summed E-state index contributed by atoms with van der Waals surface area (Å²) in [6, 6.07) is 0.0141. The van der Waals surface area contributed by atoms with Crippen molar-refractivity contribution in [3.05, 3.63) is 29.8 Å². The van der Waals surface area contributed by atoms with Gasteiger partial charge in [-0.3, -0.25) is 28.8 Å². The zero-order valence-corrected chi connectivity index (χ0v) is 18.2. The van der Waals surface area contributed by atoms with E-state index in [9.17, 15) is 33.9 Å². The zero-order chi connectivity index (χ0) is 26.0. The Labute approximate surface area is 193 Å². The quantitative estimate of drug-likeness (QED) is 0.143. The van der Waals surface area contributed by atoms with Crippen LogP contribution in [0, 0.1) is 0 Å². The number of amides is 4. The van der Waals surface area contributed by atoms with Crippen LogP contribution in [0.4, 0.5) is 0 Å². The maximum Gasteiger partial charge on any atom is 0.325 e. The summed E-state index contributed by atoms with van der Waals surface area (Å²) >= 11 is 0. The van der Waals surface area contributed by atoms with Gasteiger partial charge in [-0.05, 0) is 31.0 Å². The van der Waals surface area contributed by atoms with Crippen LogP contribution in [0.1, 0.15) is 25.3 Å². The topological polar surface area (TPSA) is 251 Å². The highest BCUT2D eigenvalue weighted by molar-refractivity contribution is 5.97. The number of phenolic OH excluding ortho intramolecular Hbond substituents is 1. The van der Waals surface area contributed by atoms with Crippen LogP contribution in [0.3, 0.4) is 0 Å². The molecule has 14 nitrogen and oxygen atoms in total. The van der Waals surface area contributed by atoms with Crippen molar-refractivity contribution in [2.45, 2.75) is 50.4 Å². The Kier molecular flexibility index (Phi) is 10.4. The predicted octanol–water partition coefficient (Wildman–Crippen LogP) is -2.83. The first-order valence-corrected chi connectivity index (χ1v) is 9.97. The molecule has 4 unspecified atom stereocenters. The molecule has 0 aromatic heterocycles. The molecule has 14 heteroatoms. The molecule has 10 N–H and O–H groups in total. The zero-order valence-electron chi connectivity index (χ0n) is 18.2. The van der Waals surface area contributed by atoms with Crippen molar-refractivity contribution in [3.63, 3.8) is 0 Å². The largest absolute Gasteiger partial charge is 0.508 e. The van der Waals surface area contributed by atoms with Gasteiger partial charge in [0.25, 0.3) is 0 Å². The number of carboxylic acid groups (broad SMARTS) is 2. The molecule has 1 rings (SSSR count). The van der Waals surface area contributed by atoms with Gasteiger partial charge < -0.3 is 42.7 Å². The van der Waals surface area contributed by atoms with Crippen LogP contribution in [0.15, 0.2) is 24.3 Å². The molecule has 0 fully saturated rings. The van der Waals surface area contributed by atoms with Crippen LogP contribution < -0.4 is 27.4 Å². The smallest absolute Gasteiger partial charge is 0.325 e. The van der Waals surface area contributed by atoms with Gasteiger partial charge in [-0.25, -0.2) is 0 Å². The Morgan fingerprint density at radius 2 is 1.35 bits per heavy atom. The molecule has 0 saturated carbocycles. The number of aromatic hydroxyl groups is 1. The lowest BCUT2D eigenvalue weighted by atomic mass is 10.0. The van der Waals surface area contributed by atoms with Crippen molar-refractivity contribution < 1.29 is 44.1 Å². The molecular formula is C20H27N5O9. The van der Waals surface area contributed by atoms with E-state index in [2.05, 4.69) is 10.6 Å². The summed E-state index contributed by atoms with van der Waals surface area (Å²) in [5.74, 6) is -6.88. The molecule has 0 aliphatic heterocycles. The summed E-state index contributed by atoms with van der Waals surface area (Å²) in [5, 5.41) is 33.6. The average Bonchev–Trinajstić information content (AvgIpc) is 2.73. The van der Waals surface area contributed by atoms with E-state index >= 15 is 0 Å². The second kappa shape index (κ2) is 12.7. The minimum atomic E-state index is -1.70. The third-order valence-electron chi connectivity index (χ3n) is 4.51. The molecule has 0 radical (unpaired) electrons. The van der Waals surface area contributed by atoms with Crippen LogP contribution in [0.2, 0.25) is 0 Å². The minimum absolute atomic E-state index is 0.0117. The fraction of sp³-hybridized carbons (Fsp3) is 0.400. The van der Waals surface area contributed by atoms with Crippen molar-refractivity contribution in [2.24, 2.45) is 11.5 Å². The number of rotatable bonds is 13. The molecule has 1 aromatic carbocycles. The lowest BCUT2D eigenvalue weighted by Gasteiger charge is -2.23.